The van der Waals surface area contributed by atoms with Crippen LogP contribution in [0.5, 0.6) is 0 Å². The van der Waals surface area contributed by atoms with Crippen molar-refractivity contribution in [2.45, 2.75) is 52.9 Å². The number of hydrogen-bond donors (Lipinski definition) is 0. The van der Waals surface area contributed by atoms with E-state index in [2.05, 4.69) is 45.1 Å². The van der Waals surface area contributed by atoms with Crippen LogP contribution in [0.1, 0.15) is 48.4 Å². The van der Waals surface area contributed by atoms with Crippen LogP contribution in [0, 0.1) is 19.9 Å². The van der Waals surface area contributed by atoms with Crippen LogP contribution in [0.4, 0.5) is 0 Å². The van der Waals surface area contributed by atoms with Crippen LogP contribution in [0.15, 0.2) is 23.8 Å². The van der Waals surface area contributed by atoms with Crippen LogP contribution in [-0.2, 0) is 39.0 Å². The molecule has 2 aliphatic rings. The summed E-state index contributed by atoms with van der Waals surface area (Å²) in [5.41, 5.74) is 7.65. The first-order chi connectivity index (χ1) is 8.18. The van der Waals surface area contributed by atoms with Gasteiger partial charge in [0, 0.05) is 0 Å². The standard InChI is InChI=1S/C11H15.C6H7.Zr/c1-8-7-9(2)11-6-4-3-5-10(8)11;1-6-4-2-3-5-6;/h7H,3-6H2,1-2H3;2,4H,3H2,1H3;/q2*-1;+2. The van der Waals surface area contributed by atoms with Crippen LogP contribution in [0.2, 0.25) is 0 Å². The van der Waals surface area contributed by atoms with E-state index >= 15 is 0 Å². The Hall–Kier alpha value is -0.287. The van der Waals surface area contributed by atoms with Crippen molar-refractivity contribution < 1.29 is 26.2 Å². The fraction of sp³-hybridized carbons (Fsp3) is 0.471. The zero-order chi connectivity index (χ0) is 12.3. The molecule has 0 amide bonds. The van der Waals surface area contributed by atoms with Gasteiger partial charge in [0.1, 0.15) is 0 Å². The van der Waals surface area contributed by atoms with Crippen molar-refractivity contribution >= 4 is 0 Å². The zero-order valence-corrected chi connectivity index (χ0v) is 14.2. The summed E-state index contributed by atoms with van der Waals surface area (Å²) in [6.07, 6.45) is 13.8. The summed E-state index contributed by atoms with van der Waals surface area (Å²) in [5.74, 6) is 0. The summed E-state index contributed by atoms with van der Waals surface area (Å²) in [5, 5.41) is 0. The second-order valence-electron chi connectivity index (χ2n) is 5.14. The molecule has 0 bridgehead atoms. The Morgan fingerprint density at radius 2 is 1.89 bits per heavy atom. The number of fused-ring (bicyclic) bond motifs is 1. The van der Waals surface area contributed by atoms with Crippen molar-refractivity contribution in [1.82, 2.24) is 0 Å². The Labute approximate surface area is 131 Å². The van der Waals surface area contributed by atoms with Crippen LogP contribution in [0.3, 0.4) is 0 Å². The first kappa shape index (κ1) is 15.8. The minimum absolute atomic E-state index is 0. The zero-order valence-electron chi connectivity index (χ0n) is 11.8. The first-order valence-corrected chi connectivity index (χ1v) is 6.67. The maximum absolute atomic E-state index is 3.12. The van der Waals surface area contributed by atoms with Gasteiger partial charge in [-0.15, -0.1) is 6.42 Å². The maximum Gasteiger partial charge on any atom is 2.00 e. The van der Waals surface area contributed by atoms with Gasteiger partial charge < -0.3 is 0 Å². The average Bonchev–Trinajstić information content (AvgIpc) is 2.90. The number of hydrogen-bond acceptors (Lipinski definition) is 0. The number of aryl methyl sites for hydroxylation is 2. The molecule has 0 atom stereocenters. The van der Waals surface area contributed by atoms with E-state index in [1.165, 1.54) is 42.4 Å². The van der Waals surface area contributed by atoms with Crippen molar-refractivity contribution in [2.24, 2.45) is 0 Å². The predicted octanol–water partition coefficient (Wildman–Crippen LogP) is 4.59. The van der Waals surface area contributed by atoms with Gasteiger partial charge in [-0.1, -0.05) is 46.5 Å². The van der Waals surface area contributed by atoms with E-state index < -0.39 is 0 Å². The second kappa shape index (κ2) is 7.34. The van der Waals surface area contributed by atoms with Gasteiger partial charge >= 0.3 is 26.2 Å². The summed E-state index contributed by atoms with van der Waals surface area (Å²) in [6, 6.07) is 2.34. The van der Waals surface area contributed by atoms with Crippen LogP contribution in [0.25, 0.3) is 0 Å². The van der Waals surface area contributed by atoms with Crippen molar-refractivity contribution in [3.05, 3.63) is 52.1 Å². The molecular weight excluding hydrogens is 295 g/mol. The Balaban J connectivity index is 0.000000199. The third-order valence-electron chi connectivity index (χ3n) is 3.72. The minimum atomic E-state index is 0. The van der Waals surface area contributed by atoms with Gasteiger partial charge in [-0.25, -0.2) is 11.6 Å². The molecule has 0 saturated heterocycles. The molecule has 0 aliphatic heterocycles. The second-order valence-corrected chi connectivity index (χ2v) is 5.14. The smallest absolute Gasteiger partial charge is 0.270 e. The third-order valence-corrected chi connectivity index (χ3v) is 3.72. The molecular formula is C17H22Zr. The summed E-state index contributed by atoms with van der Waals surface area (Å²) >= 11 is 0. The van der Waals surface area contributed by atoms with Gasteiger partial charge in [0.2, 0.25) is 0 Å². The van der Waals surface area contributed by atoms with Crippen LogP contribution >= 0.6 is 0 Å². The molecule has 0 spiro atoms. The van der Waals surface area contributed by atoms with Gasteiger partial charge in [0.05, 0.1) is 0 Å². The maximum atomic E-state index is 3.12. The number of allylic oxidation sites excluding steroid dienone is 4. The molecule has 94 valence electrons. The predicted molar refractivity (Wildman–Crippen MR) is 74.3 cm³/mol. The first-order valence-electron chi connectivity index (χ1n) is 6.67. The monoisotopic (exact) mass is 316 g/mol. The van der Waals surface area contributed by atoms with Gasteiger partial charge in [-0.05, 0) is 0 Å². The topological polar surface area (TPSA) is 0 Å². The minimum Gasteiger partial charge on any atom is -0.270 e. The molecule has 2 aliphatic carbocycles. The van der Waals surface area contributed by atoms with E-state index in [-0.39, 0.29) is 26.2 Å². The molecule has 0 saturated carbocycles. The summed E-state index contributed by atoms with van der Waals surface area (Å²) < 4.78 is 0. The molecule has 0 radical (unpaired) electrons. The summed E-state index contributed by atoms with van der Waals surface area (Å²) in [6.45, 7) is 6.55. The van der Waals surface area contributed by atoms with E-state index in [9.17, 15) is 0 Å². The van der Waals surface area contributed by atoms with Gasteiger partial charge in [-0.2, -0.15) is 34.4 Å². The summed E-state index contributed by atoms with van der Waals surface area (Å²) in [4.78, 5) is 0. The Morgan fingerprint density at radius 1 is 1.17 bits per heavy atom. The van der Waals surface area contributed by atoms with Crippen LogP contribution < -0.4 is 0 Å². The van der Waals surface area contributed by atoms with E-state index in [1.807, 2.05) is 0 Å². The fourth-order valence-corrected chi connectivity index (χ4v) is 2.79. The van der Waals surface area contributed by atoms with Gasteiger partial charge in [-0.3, -0.25) is 6.08 Å². The van der Waals surface area contributed by atoms with Crippen LogP contribution in [-0.4, -0.2) is 0 Å². The largest absolute Gasteiger partial charge is 2.00 e. The molecule has 0 aromatic heterocycles. The molecule has 1 aromatic rings. The molecule has 18 heavy (non-hydrogen) atoms. The van der Waals surface area contributed by atoms with Crippen molar-refractivity contribution in [1.29, 1.82) is 0 Å². The molecule has 0 heterocycles. The van der Waals surface area contributed by atoms with Gasteiger partial charge in [0.25, 0.3) is 0 Å². The third kappa shape index (κ3) is 3.85. The van der Waals surface area contributed by atoms with E-state index in [4.69, 9.17) is 0 Å². The SMILES string of the molecule is CC1=[C-]CC=C1.Cc1c[c-](C)c2c1CCCC2.[Zr+2]. The molecule has 0 N–H and O–H groups in total. The van der Waals surface area contributed by atoms with Crippen molar-refractivity contribution in [3.8, 4) is 0 Å². The fourth-order valence-electron chi connectivity index (χ4n) is 2.79. The quantitative estimate of drug-likeness (QED) is 0.614. The number of rotatable bonds is 0. The van der Waals surface area contributed by atoms with E-state index in [0.717, 1.165) is 6.42 Å². The Bertz CT molecular complexity index is 417. The normalized spacial score (nSPS) is 16.3. The van der Waals surface area contributed by atoms with Crippen molar-refractivity contribution in [2.75, 3.05) is 0 Å². The van der Waals surface area contributed by atoms with Crippen molar-refractivity contribution in [3.63, 3.8) is 0 Å². The van der Waals surface area contributed by atoms with E-state index in [0.29, 0.717) is 0 Å². The molecule has 1 heteroatoms. The van der Waals surface area contributed by atoms with E-state index in [1.54, 1.807) is 11.1 Å². The Morgan fingerprint density at radius 3 is 2.39 bits per heavy atom. The Kier molecular flexibility index (Phi) is 6.43. The average molecular weight is 318 g/mol. The molecule has 0 nitrogen and oxygen atoms in total. The summed E-state index contributed by atoms with van der Waals surface area (Å²) in [7, 11) is 0. The molecule has 1 aromatic carbocycles. The van der Waals surface area contributed by atoms with Gasteiger partial charge in [0.15, 0.2) is 0 Å². The molecule has 0 unspecified atom stereocenters. The molecule has 0 fully saturated rings. The molecule has 3 rings (SSSR count).